The molecule has 156 valence electrons. The van der Waals surface area contributed by atoms with Crippen LogP contribution in [0.4, 0.5) is 10.1 Å². The van der Waals surface area contributed by atoms with E-state index in [2.05, 4.69) is 4.72 Å². The third kappa shape index (κ3) is 4.78. The predicted octanol–water partition coefficient (Wildman–Crippen LogP) is 4.73. The van der Waals surface area contributed by atoms with E-state index in [1.165, 1.54) is 12.1 Å². The van der Waals surface area contributed by atoms with Gasteiger partial charge in [0, 0.05) is 23.3 Å². The normalized spacial score (nSPS) is 14.9. The largest absolute Gasteiger partial charge is 0.333 e. The number of aryl methyl sites for hydroxylation is 1. The van der Waals surface area contributed by atoms with Crippen LogP contribution in [0.25, 0.3) is 0 Å². The first kappa shape index (κ1) is 21.3. The molecule has 1 fully saturated rings. The number of halogens is 1. The number of hydrogen-bond donors (Lipinski definition) is 1. The van der Waals surface area contributed by atoms with Crippen LogP contribution >= 0.6 is 0 Å². The fourth-order valence-electron chi connectivity index (χ4n) is 3.96. The van der Waals surface area contributed by atoms with Crippen molar-refractivity contribution in [3.8, 4) is 0 Å². The summed E-state index contributed by atoms with van der Waals surface area (Å²) in [6.07, 6.45) is 4.34. The molecular weight excluding hydrogens is 391 g/mol. The second-order valence-electron chi connectivity index (χ2n) is 7.84. The Bertz CT molecular complexity index is 982. The van der Waals surface area contributed by atoms with Crippen molar-refractivity contribution in [2.45, 2.75) is 63.4 Å². The second-order valence-corrected chi connectivity index (χ2v) is 9.49. The zero-order valence-electron chi connectivity index (χ0n) is 17.0. The van der Waals surface area contributed by atoms with E-state index < -0.39 is 15.8 Å². The third-order valence-corrected chi connectivity index (χ3v) is 6.86. The average Bonchev–Trinajstić information content (AvgIpc) is 3.15. The summed E-state index contributed by atoms with van der Waals surface area (Å²) in [6, 6.07) is 10.4. The zero-order chi connectivity index (χ0) is 21.2. The lowest BCUT2D eigenvalue weighted by Gasteiger charge is -2.33. The van der Waals surface area contributed by atoms with Gasteiger partial charge in [0.25, 0.3) is 15.9 Å². The van der Waals surface area contributed by atoms with Crippen molar-refractivity contribution in [2.75, 3.05) is 4.72 Å². The zero-order valence-corrected chi connectivity index (χ0v) is 17.8. The predicted molar refractivity (Wildman–Crippen MR) is 112 cm³/mol. The van der Waals surface area contributed by atoms with E-state index in [1.807, 2.05) is 18.7 Å². The molecule has 5 nitrogen and oxygen atoms in total. The Labute approximate surface area is 172 Å². The van der Waals surface area contributed by atoms with Crippen LogP contribution in [-0.4, -0.2) is 31.3 Å². The molecule has 0 atom stereocenters. The van der Waals surface area contributed by atoms with Gasteiger partial charge in [0.15, 0.2) is 0 Å². The van der Waals surface area contributed by atoms with Gasteiger partial charge in [0.1, 0.15) is 5.82 Å². The van der Waals surface area contributed by atoms with E-state index in [4.69, 9.17) is 0 Å². The molecule has 3 rings (SSSR count). The van der Waals surface area contributed by atoms with E-state index >= 15 is 0 Å². The van der Waals surface area contributed by atoms with Gasteiger partial charge < -0.3 is 4.90 Å². The fraction of sp³-hybridized carbons (Fsp3) is 0.409. The van der Waals surface area contributed by atoms with Gasteiger partial charge in [0.05, 0.1) is 4.90 Å². The maximum Gasteiger partial charge on any atom is 0.262 e. The third-order valence-electron chi connectivity index (χ3n) is 5.32. The van der Waals surface area contributed by atoms with Gasteiger partial charge in [0.2, 0.25) is 0 Å². The van der Waals surface area contributed by atoms with E-state index in [-0.39, 0.29) is 22.9 Å². The molecule has 1 amide bonds. The molecule has 2 aromatic carbocycles. The first-order chi connectivity index (χ1) is 13.7. The number of carbonyl (C=O) groups is 1. The summed E-state index contributed by atoms with van der Waals surface area (Å²) >= 11 is 0. The molecule has 2 aromatic rings. The minimum absolute atomic E-state index is 0.0197. The van der Waals surface area contributed by atoms with E-state index in [0.717, 1.165) is 31.7 Å². The second kappa shape index (κ2) is 8.53. The molecule has 0 unspecified atom stereocenters. The van der Waals surface area contributed by atoms with Crippen LogP contribution < -0.4 is 4.72 Å². The molecule has 0 bridgehead atoms. The summed E-state index contributed by atoms with van der Waals surface area (Å²) in [4.78, 5) is 15.0. The number of nitrogens with one attached hydrogen (secondary N) is 1. The molecule has 0 aromatic heterocycles. The maximum atomic E-state index is 13.3. The van der Waals surface area contributed by atoms with Gasteiger partial charge >= 0.3 is 0 Å². The molecule has 0 spiro atoms. The average molecular weight is 419 g/mol. The minimum atomic E-state index is -3.85. The standard InChI is InChI=1S/C22H27FN2O3S/c1-15(2)25(20-6-4-5-7-20)22(26)17-8-11-19(12-9-17)24-29(27,28)21-13-10-18(23)14-16(21)3/h8-15,20,24H,4-7H2,1-3H3. The van der Waals surface area contributed by atoms with Crippen molar-refractivity contribution in [1.29, 1.82) is 0 Å². The Balaban J connectivity index is 1.78. The number of anilines is 1. The number of carbonyl (C=O) groups excluding carboxylic acids is 1. The van der Waals surface area contributed by atoms with Crippen molar-refractivity contribution >= 4 is 21.6 Å². The van der Waals surface area contributed by atoms with Crippen molar-refractivity contribution in [2.24, 2.45) is 0 Å². The highest BCUT2D eigenvalue weighted by Crippen LogP contribution is 2.27. The van der Waals surface area contributed by atoms with E-state index in [0.29, 0.717) is 16.8 Å². The van der Waals surface area contributed by atoms with Crippen LogP contribution in [0.1, 0.15) is 55.5 Å². The summed E-state index contributed by atoms with van der Waals surface area (Å²) < 4.78 is 41.0. The quantitative estimate of drug-likeness (QED) is 0.738. The lowest BCUT2D eigenvalue weighted by molar-refractivity contribution is 0.0613. The van der Waals surface area contributed by atoms with Crippen LogP contribution in [0.3, 0.4) is 0 Å². The highest BCUT2D eigenvalue weighted by atomic mass is 32.2. The van der Waals surface area contributed by atoms with Crippen LogP contribution in [0.5, 0.6) is 0 Å². The summed E-state index contributed by atoms with van der Waals surface area (Å²) in [6.45, 7) is 5.58. The van der Waals surface area contributed by atoms with Crippen molar-refractivity contribution in [3.63, 3.8) is 0 Å². The maximum absolute atomic E-state index is 13.3. The number of rotatable bonds is 6. The number of hydrogen-bond acceptors (Lipinski definition) is 3. The molecule has 0 heterocycles. The van der Waals surface area contributed by atoms with Crippen LogP contribution in [-0.2, 0) is 10.0 Å². The van der Waals surface area contributed by atoms with E-state index in [9.17, 15) is 17.6 Å². The smallest absolute Gasteiger partial charge is 0.262 e. The van der Waals surface area contributed by atoms with Crippen LogP contribution in [0, 0.1) is 12.7 Å². The number of benzene rings is 2. The van der Waals surface area contributed by atoms with Gasteiger partial charge in [-0.3, -0.25) is 9.52 Å². The molecule has 29 heavy (non-hydrogen) atoms. The number of nitrogens with zero attached hydrogens (tertiary/aromatic N) is 1. The fourth-order valence-corrected chi connectivity index (χ4v) is 5.25. The molecular formula is C22H27FN2O3S. The van der Waals surface area contributed by atoms with Crippen LogP contribution in [0.2, 0.25) is 0 Å². The lowest BCUT2D eigenvalue weighted by atomic mass is 10.1. The molecule has 1 aliphatic rings. The summed E-state index contributed by atoms with van der Waals surface area (Å²) in [7, 11) is -3.85. The Kier molecular flexibility index (Phi) is 6.27. The molecule has 7 heteroatoms. The first-order valence-electron chi connectivity index (χ1n) is 9.91. The van der Waals surface area contributed by atoms with Crippen molar-refractivity contribution < 1.29 is 17.6 Å². The van der Waals surface area contributed by atoms with Gasteiger partial charge in [-0.25, -0.2) is 12.8 Å². The summed E-state index contributed by atoms with van der Waals surface area (Å²) in [5.74, 6) is -0.517. The lowest BCUT2D eigenvalue weighted by Crippen LogP contribution is -2.43. The highest BCUT2D eigenvalue weighted by molar-refractivity contribution is 7.92. The summed E-state index contributed by atoms with van der Waals surface area (Å²) in [5, 5.41) is 0. The monoisotopic (exact) mass is 418 g/mol. The van der Waals surface area contributed by atoms with Gasteiger partial charge in [-0.2, -0.15) is 0 Å². The Morgan fingerprint density at radius 1 is 1.10 bits per heavy atom. The van der Waals surface area contributed by atoms with Crippen molar-refractivity contribution in [3.05, 3.63) is 59.4 Å². The number of amides is 1. The highest BCUT2D eigenvalue weighted by Gasteiger charge is 2.29. The Morgan fingerprint density at radius 3 is 2.28 bits per heavy atom. The summed E-state index contributed by atoms with van der Waals surface area (Å²) in [5.41, 5.74) is 1.21. The van der Waals surface area contributed by atoms with Gasteiger partial charge in [-0.15, -0.1) is 0 Å². The number of sulfonamides is 1. The van der Waals surface area contributed by atoms with Gasteiger partial charge in [-0.05, 0) is 81.6 Å². The Morgan fingerprint density at radius 2 is 1.72 bits per heavy atom. The van der Waals surface area contributed by atoms with E-state index in [1.54, 1.807) is 31.2 Å². The molecule has 0 radical (unpaired) electrons. The SMILES string of the molecule is Cc1cc(F)ccc1S(=O)(=O)Nc1ccc(C(=O)N(C(C)C)C2CCCC2)cc1. The minimum Gasteiger partial charge on any atom is -0.333 e. The Hall–Kier alpha value is -2.41. The van der Waals surface area contributed by atoms with Crippen LogP contribution in [0.15, 0.2) is 47.4 Å². The molecule has 1 aliphatic carbocycles. The molecule has 0 saturated heterocycles. The molecule has 1 N–H and O–H groups in total. The molecule has 0 aliphatic heterocycles. The first-order valence-corrected chi connectivity index (χ1v) is 11.4. The van der Waals surface area contributed by atoms with Crippen molar-refractivity contribution in [1.82, 2.24) is 4.90 Å². The van der Waals surface area contributed by atoms with Gasteiger partial charge in [-0.1, -0.05) is 12.8 Å². The topological polar surface area (TPSA) is 66.5 Å². The molecule has 1 saturated carbocycles.